The molecule has 4 heteroatoms. The lowest BCUT2D eigenvalue weighted by Gasteiger charge is -2.17. The van der Waals surface area contributed by atoms with Crippen LogP contribution in [-0.4, -0.2) is 16.4 Å². The molecule has 3 nitrogen and oxygen atoms in total. The van der Waals surface area contributed by atoms with E-state index in [2.05, 4.69) is 87.7 Å². The lowest BCUT2D eigenvalue weighted by molar-refractivity contribution is 0.823. The number of aromatic nitrogens is 1. The van der Waals surface area contributed by atoms with Crippen LogP contribution in [0, 0.1) is 0 Å². The van der Waals surface area contributed by atoms with E-state index in [0.717, 1.165) is 16.9 Å². The molecule has 1 aliphatic rings. The molecule has 0 aliphatic carbocycles. The van der Waals surface area contributed by atoms with Crippen molar-refractivity contribution in [2.24, 2.45) is 4.99 Å². The molecule has 0 spiro atoms. The number of alkyl halides is 1. The predicted octanol–water partition coefficient (Wildman–Crippen LogP) is 5.32. The van der Waals surface area contributed by atoms with E-state index in [1.165, 1.54) is 21.8 Å². The van der Waals surface area contributed by atoms with Gasteiger partial charge in [0.05, 0.1) is 11.0 Å². The second-order valence-corrected chi connectivity index (χ2v) is 6.69. The third-order valence-corrected chi connectivity index (χ3v) is 4.95. The van der Waals surface area contributed by atoms with E-state index in [1.54, 1.807) is 6.21 Å². The Labute approximate surface area is 156 Å². The molecule has 0 bridgehead atoms. The molecule has 1 unspecified atom stereocenters. The van der Waals surface area contributed by atoms with Gasteiger partial charge >= 0.3 is 0 Å². The molecular weight excluding hydrogens is 342 g/mol. The van der Waals surface area contributed by atoms with Gasteiger partial charge in [0.1, 0.15) is 0 Å². The molecule has 0 amide bonds. The third kappa shape index (κ3) is 2.40. The number of nitrogens with zero attached hydrogens (tertiary/aromatic N) is 2. The van der Waals surface area contributed by atoms with Gasteiger partial charge in [-0.05, 0) is 35.9 Å². The molecule has 1 atom stereocenters. The first-order valence-corrected chi connectivity index (χ1v) is 8.98. The molecule has 0 radical (unpaired) electrons. The lowest BCUT2D eigenvalue weighted by Crippen LogP contribution is -2.23. The van der Waals surface area contributed by atoms with Crippen LogP contribution in [0.25, 0.3) is 33.2 Å². The van der Waals surface area contributed by atoms with E-state index < -0.39 is 5.62 Å². The van der Waals surface area contributed by atoms with Gasteiger partial charge in [-0.2, -0.15) is 0 Å². The molecule has 3 aromatic carbocycles. The van der Waals surface area contributed by atoms with Crippen LogP contribution in [0.2, 0.25) is 0 Å². The van der Waals surface area contributed by atoms with Crippen molar-refractivity contribution in [3.63, 3.8) is 0 Å². The standard InChI is InChI=1S/C22H16ClN3/c23-22-24-13-12-19(25-22)15-6-5-7-16(14-15)26-20-10-3-1-8-17(20)18-9-2-4-11-21(18)26/h1-14,22,25H. The first-order chi connectivity index (χ1) is 12.8. The zero-order valence-corrected chi connectivity index (χ0v) is 14.7. The van der Waals surface area contributed by atoms with E-state index in [-0.39, 0.29) is 0 Å². The minimum Gasteiger partial charge on any atom is -0.351 e. The zero-order valence-electron chi connectivity index (χ0n) is 13.9. The number of allylic oxidation sites excluding steroid dienone is 1. The Kier molecular flexibility index (Phi) is 3.54. The summed E-state index contributed by atoms with van der Waals surface area (Å²) in [5, 5.41) is 5.72. The number of hydrogen-bond donors (Lipinski definition) is 1. The topological polar surface area (TPSA) is 29.3 Å². The number of rotatable bonds is 2. The zero-order chi connectivity index (χ0) is 17.5. The summed E-state index contributed by atoms with van der Waals surface area (Å²) in [5.74, 6) is 0. The van der Waals surface area contributed by atoms with Gasteiger partial charge in [0, 0.05) is 28.4 Å². The highest BCUT2D eigenvalue weighted by Gasteiger charge is 2.13. The summed E-state index contributed by atoms with van der Waals surface area (Å²) in [6.07, 6.45) is 3.69. The molecular formula is C22H16ClN3. The van der Waals surface area contributed by atoms with Crippen LogP contribution < -0.4 is 5.32 Å². The summed E-state index contributed by atoms with van der Waals surface area (Å²) in [4.78, 5) is 4.11. The SMILES string of the molecule is ClC1N=CC=C(c2cccc(-n3c4ccccc4c4ccccc43)c2)N1. The minimum absolute atomic E-state index is 0.424. The lowest BCUT2D eigenvalue weighted by atomic mass is 10.1. The van der Waals surface area contributed by atoms with Gasteiger partial charge in [0.15, 0.2) is 5.62 Å². The molecule has 5 rings (SSSR count). The van der Waals surface area contributed by atoms with E-state index in [1.807, 2.05) is 6.08 Å². The maximum absolute atomic E-state index is 6.10. The van der Waals surface area contributed by atoms with Crippen LogP contribution in [0.15, 0.2) is 83.9 Å². The molecule has 0 saturated heterocycles. The molecule has 1 aliphatic heterocycles. The number of nitrogens with one attached hydrogen (secondary N) is 1. The largest absolute Gasteiger partial charge is 0.351 e. The Hall–Kier alpha value is -3.04. The quantitative estimate of drug-likeness (QED) is 0.382. The number of benzene rings is 3. The van der Waals surface area contributed by atoms with Gasteiger partial charge in [0.25, 0.3) is 0 Å². The molecule has 0 saturated carbocycles. The van der Waals surface area contributed by atoms with Crippen molar-refractivity contribution in [3.05, 3.63) is 84.4 Å². The number of para-hydroxylation sites is 2. The van der Waals surface area contributed by atoms with E-state index in [4.69, 9.17) is 11.6 Å². The average Bonchev–Trinajstić information content (AvgIpc) is 3.03. The van der Waals surface area contributed by atoms with Crippen molar-refractivity contribution >= 4 is 45.3 Å². The number of aliphatic imine (C=N–C) groups is 1. The summed E-state index contributed by atoms with van der Waals surface area (Å²) < 4.78 is 2.31. The van der Waals surface area contributed by atoms with Crippen molar-refractivity contribution < 1.29 is 0 Å². The number of fused-ring (bicyclic) bond motifs is 3. The summed E-state index contributed by atoms with van der Waals surface area (Å²) in [6, 6.07) is 25.5. The van der Waals surface area contributed by atoms with Crippen molar-refractivity contribution in [2.45, 2.75) is 5.62 Å². The maximum Gasteiger partial charge on any atom is 0.195 e. The van der Waals surface area contributed by atoms with Gasteiger partial charge in [-0.3, -0.25) is 4.99 Å². The molecule has 2 heterocycles. The van der Waals surface area contributed by atoms with Crippen LogP contribution in [-0.2, 0) is 0 Å². The first kappa shape index (κ1) is 15.2. The summed E-state index contributed by atoms with van der Waals surface area (Å²) >= 11 is 6.10. The normalized spacial score (nSPS) is 16.7. The van der Waals surface area contributed by atoms with Crippen LogP contribution in [0.5, 0.6) is 0 Å². The Morgan fingerprint density at radius 3 is 2.23 bits per heavy atom. The summed E-state index contributed by atoms with van der Waals surface area (Å²) in [6.45, 7) is 0. The first-order valence-electron chi connectivity index (χ1n) is 8.54. The van der Waals surface area contributed by atoms with Crippen molar-refractivity contribution in [2.75, 3.05) is 0 Å². The van der Waals surface area contributed by atoms with Gasteiger partial charge in [-0.15, -0.1) is 0 Å². The Bertz CT molecular complexity index is 1130. The summed E-state index contributed by atoms with van der Waals surface area (Å²) in [7, 11) is 0. The van der Waals surface area contributed by atoms with Crippen LogP contribution in [0.1, 0.15) is 5.56 Å². The fourth-order valence-corrected chi connectivity index (χ4v) is 3.78. The highest BCUT2D eigenvalue weighted by Crippen LogP contribution is 2.32. The Balaban J connectivity index is 1.75. The minimum atomic E-state index is -0.424. The number of hydrogen-bond acceptors (Lipinski definition) is 2. The van der Waals surface area contributed by atoms with E-state index >= 15 is 0 Å². The van der Waals surface area contributed by atoms with Gasteiger partial charge < -0.3 is 9.88 Å². The van der Waals surface area contributed by atoms with E-state index in [0.29, 0.717) is 0 Å². The molecule has 1 aromatic heterocycles. The maximum atomic E-state index is 6.10. The second-order valence-electron chi connectivity index (χ2n) is 6.28. The van der Waals surface area contributed by atoms with Crippen LogP contribution >= 0.6 is 11.6 Å². The Morgan fingerprint density at radius 2 is 1.54 bits per heavy atom. The van der Waals surface area contributed by atoms with Gasteiger partial charge in [0.2, 0.25) is 0 Å². The van der Waals surface area contributed by atoms with Gasteiger partial charge in [-0.1, -0.05) is 60.1 Å². The molecule has 4 aromatic rings. The molecule has 26 heavy (non-hydrogen) atoms. The second kappa shape index (κ2) is 6.04. The monoisotopic (exact) mass is 357 g/mol. The van der Waals surface area contributed by atoms with Crippen LogP contribution in [0.3, 0.4) is 0 Å². The smallest absolute Gasteiger partial charge is 0.195 e. The third-order valence-electron chi connectivity index (χ3n) is 4.73. The highest BCUT2D eigenvalue weighted by molar-refractivity contribution is 6.21. The van der Waals surface area contributed by atoms with Crippen molar-refractivity contribution in [1.82, 2.24) is 9.88 Å². The van der Waals surface area contributed by atoms with Gasteiger partial charge in [-0.25, -0.2) is 0 Å². The van der Waals surface area contributed by atoms with E-state index in [9.17, 15) is 0 Å². The highest BCUT2D eigenvalue weighted by atomic mass is 35.5. The van der Waals surface area contributed by atoms with Crippen molar-refractivity contribution in [1.29, 1.82) is 0 Å². The average molecular weight is 358 g/mol. The predicted molar refractivity (Wildman–Crippen MR) is 110 cm³/mol. The van der Waals surface area contributed by atoms with Crippen LogP contribution in [0.4, 0.5) is 0 Å². The summed E-state index contributed by atoms with van der Waals surface area (Å²) in [5.41, 5.74) is 5.16. The molecule has 1 N–H and O–H groups in total. The number of halogens is 1. The Morgan fingerprint density at radius 1 is 0.846 bits per heavy atom. The fourth-order valence-electron chi connectivity index (χ4n) is 3.60. The molecule has 0 fully saturated rings. The fraction of sp³-hybridized carbons (Fsp3) is 0.0455. The van der Waals surface area contributed by atoms with Crippen molar-refractivity contribution in [3.8, 4) is 5.69 Å². The molecule has 126 valence electrons.